The van der Waals surface area contributed by atoms with Crippen molar-refractivity contribution in [2.24, 2.45) is 0 Å². The maximum Gasteiger partial charge on any atom is 0.319 e. The van der Waals surface area contributed by atoms with Gasteiger partial charge < -0.3 is 29.6 Å². The van der Waals surface area contributed by atoms with Gasteiger partial charge in [0.15, 0.2) is 0 Å². The lowest BCUT2D eigenvalue weighted by Crippen LogP contribution is -2.55. The number of nitrogen functional groups attached to an aromatic ring is 1. The maximum absolute atomic E-state index is 14.8. The molecule has 11 heteroatoms. The molecule has 1 amide bonds. The molecule has 0 saturated carbocycles. The second-order valence-corrected chi connectivity index (χ2v) is 11.3. The van der Waals surface area contributed by atoms with Crippen molar-refractivity contribution in [3.05, 3.63) is 54.6 Å². The molecule has 10 nitrogen and oxygen atoms in total. The number of nitrogens with two attached hydrogens (primary N) is 1. The number of anilines is 2. The number of piperazine rings is 1. The Morgan fingerprint density at radius 2 is 2.09 bits per heavy atom. The van der Waals surface area contributed by atoms with Gasteiger partial charge in [0.05, 0.1) is 35.7 Å². The quantitative estimate of drug-likeness (QED) is 0.244. The first-order valence-electron chi connectivity index (χ1n) is 14.4. The summed E-state index contributed by atoms with van der Waals surface area (Å²) < 4.78 is 27.1. The molecule has 6 rings (SSSR count). The number of nitriles is 1. The van der Waals surface area contributed by atoms with E-state index in [4.69, 9.17) is 24.9 Å². The van der Waals surface area contributed by atoms with Gasteiger partial charge in [-0.25, -0.2) is 4.39 Å². The smallest absolute Gasteiger partial charge is 0.319 e. The van der Waals surface area contributed by atoms with Crippen LogP contribution in [0.1, 0.15) is 24.8 Å². The number of hydrogen-bond donors (Lipinski definition) is 1. The van der Waals surface area contributed by atoms with Gasteiger partial charge in [0.25, 0.3) is 0 Å². The van der Waals surface area contributed by atoms with Gasteiger partial charge in [0.2, 0.25) is 5.91 Å². The standard InChI is InChI=1S/C32H34FN7O3/c1-4-28(41)40-12-11-39(17-21(40)7-9-34)31-29-27(36-32(37-31)43-18-22-6-5-10-38(22)3)16-25(23-8-13-42-30(23)29)24-14-20(35)15-26(33)19(24)2/h4,8,13-16,21-22H,1,5-7,10-12,17-18,35H2,2-3H3/t21-,22-/m0/s1. The SMILES string of the molecule is C=CC(=O)N1CCN(c2nc(OC[C@@H]3CCCN3C)nc3cc(-c4cc(N)cc(F)c4C)c4ccoc4c23)C[C@@H]1CC#N. The van der Waals surface area contributed by atoms with Crippen molar-refractivity contribution in [3.63, 3.8) is 0 Å². The topological polar surface area (TPSA) is 125 Å². The van der Waals surface area contributed by atoms with Crippen molar-refractivity contribution in [3.8, 4) is 23.2 Å². The first kappa shape index (κ1) is 28.4. The number of carbonyl (C=O) groups excluding carboxylic acids is 1. The largest absolute Gasteiger partial charge is 0.463 e. The highest BCUT2D eigenvalue weighted by atomic mass is 19.1. The fourth-order valence-corrected chi connectivity index (χ4v) is 6.29. The van der Waals surface area contributed by atoms with E-state index in [1.54, 1.807) is 24.2 Å². The Balaban J connectivity index is 1.51. The number of likely N-dealkylation sites (N-methyl/N-ethyl adjacent to an activating group) is 1. The summed E-state index contributed by atoms with van der Waals surface area (Å²) in [6, 6.07) is 9.15. The van der Waals surface area contributed by atoms with Gasteiger partial charge in [-0.15, -0.1) is 0 Å². The van der Waals surface area contributed by atoms with Gasteiger partial charge in [-0.2, -0.15) is 15.2 Å². The van der Waals surface area contributed by atoms with Crippen molar-refractivity contribution in [2.45, 2.75) is 38.3 Å². The molecule has 2 atom stereocenters. The second kappa shape index (κ2) is 11.5. The molecular formula is C32H34FN7O3. The average Bonchev–Trinajstić information content (AvgIpc) is 3.66. The van der Waals surface area contributed by atoms with Crippen LogP contribution in [-0.4, -0.2) is 77.6 Å². The van der Waals surface area contributed by atoms with Crippen molar-refractivity contribution in [1.29, 1.82) is 5.26 Å². The Labute approximate surface area is 249 Å². The molecule has 2 fully saturated rings. The lowest BCUT2D eigenvalue weighted by Gasteiger charge is -2.41. The molecule has 2 aromatic carbocycles. The van der Waals surface area contributed by atoms with Gasteiger partial charge in [-0.05, 0) is 80.4 Å². The Morgan fingerprint density at radius 3 is 2.84 bits per heavy atom. The number of ether oxygens (including phenoxy) is 1. The number of nitrogens with zero attached hydrogens (tertiary/aromatic N) is 6. The third-order valence-electron chi connectivity index (χ3n) is 8.66. The average molecular weight is 584 g/mol. The van der Waals surface area contributed by atoms with Gasteiger partial charge in [-0.3, -0.25) is 4.79 Å². The number of aromatic nitrogens is 2. The Hall–Kier alpha value is -4.69. The Morgan fingerprint density at radius 1 is 1.26 bits per heavy atom. The summed E-state index contributed by atoms with van der Waals surface area (Å²) >= 11 is 0. The van der Waals surface area contributed by atoms with Crippen molar-refractivity contribution in [2.75, 3.05) is 50.5 Å². The number of furan rings is 1. The van der Waals surface area contributed by atoms with E-state index in [0.717, 1.165) is 30.3 Å². The lowest BCUT2D eigenvalue weighted by atomic mass is 9.95. The fourth-order valence-electron chi connectivity index (χ4n) is 6.29. The predicted octanol–water partition coefficient (Wildman–Crippen LogP) is 4.66. The van der Waals surface area contributed by atoms with E-state index in [2.05, 4.69) is 29.5 Å². The number of benzene rings is 2. The van der Waals surface area contributed by atoms with Crippen LogP contribution >= 0.6 is 0 Å². The van der Waals surface area contributed by atoms with Crippen LogP contribution in [0.25, 0.3) is 33.0 Å². The van der Waals surface area contributed by atoms with E-state index in [0.29, 0.717) is 65.4 Å². The van der Waals surface area contributed by atoms with Crippen molar-refractivity contribution >= 4 is 39.3 Å². The number of fused-ring (bicyclic) bond motifs is 3. The Kier molecular flexibility index (Phi) is 7.62. The molecule has 222 valence electrons. The number of likely N-dealkylation sites (tertiary alicyclic amines) is 1. The van der Waals surface area contributed by atoms with Crippen LogP contribution in [0.4, 0.5) is 15.9 Å². The first-order chi connectivity index (χ1) is 20.8. The van der Waals surface area contributed by atoms with Crippen LogP contribution in [0, 0.1) is 24.1 Å². The Bertz CT molecular complexity index is 1760. The zero-order chi connectivity index (χ0) is 30.2. The van der Waals surface area contributed by atoms with Gasteiger partial charge >= 0.3 is 6.01 Å². The molecule has 2 aliphatic heterocycles. The predicted molar refractivity (Wildman–Crippen MR) is 163 cm³/mol. The molecule has 0 radical (unpaired) electrons. The zero-order valence-electron chi connectivity index (χ0n) is 24.3. The van der Waals surface area contributed by atoms with Gasteiger partial charge in [-0.1, -0.05) is 6.58 Å². The first-order valence-corrected chi connectivity index (χ1v) is 14.4. The van der Waals surface area contributed by atoms with Crippen LogP contribution < -0.4 is 15.4 Å². The minimum absolute atomic E-state index is 0.164. The van der Waals surface area contributed by atoms with E-state index in [-0.39, 0.29) is 30.4 Å². The summed E-state index contributed by atoms with van der Waals surface area (Å²) in [6.45, 7) is 8.05. The molecule has 0 aliphatic carbocycles. The second-order valence-electron chi connectivity index (χ2n) is 11.3. The van der Waals surface area contributed by atoms with Gasteiger partial charge in [0, 0.05) is 36.7 Å². The zero-order valence-corrected chi connectivity index (χ0v) is 24.3. The molecule has 0 spiro atoms. The molecule has 4 aromatic rings. The van der Waals surface area contributed by atoms with E-state index >= 15 is 0 Å². The molecule has 2 aliphatic rings. The highest BCUT2D eigenvalue weighted by Crippen LogP contribution is 2.41. The maximum atomic E-state index is 14.8. The van der Waals surface area contributed by atoms with Crippen LogP contribution in [0.5, 0.6) is 6.01 Å². The molecular weight excluding hydrogens is 549 g/mol. The fraction of sp³-hybridized carbons (Fsp3) is 0.375. The molecule has 4 heterocycles. The summed E-state index contributed by atoms with van der Waals surface area (Å²) in [4.78, 5) is 28.3. The highest BCUT2D eigenvalue weighted by molar-refractivity contribution is 6.14. The highest BCUT2D eigenvalue weighted by Gasteiger charge is 2.32. The number of amides is 1. The molecule has 43 heavy (non-hydrogen) atoms. The van der Waals surface area contributed by atoms with Crippen LogP contribution in [0.15, 0.2) is 47.6 Å². The number of rotatable bonds is 7. The third-order valence-corrected chi connectivity index (χ3v) is 8.66. The molecule has 2 N–H and O–H groups in total. The van der Waals surface area contributed by atoms with Crippen molar-refractivity contribution < 1.29 is 18.3 Å². The summed E-state index contributed by atoms with van der Waals surface area (Å²) in [5.74, 6) is -0.00866. The van der Waals surface area contributed by atoms with Crippen LogP contribution in [0.3, 0.4) is 0 Å². The number of hydrogen-bond acceptors (Lipinski definition) is 9. The third kappa shape index (κ3) is 5.23. The van der Waals surface area contributed by atoms with E-state index < -0.39 is 5.82 Å². The van der Waals surface area contributed by atoms with Crippen LogP contribution in [0.2, 0.25) is 0 Å². The summed E-state index contributed by atoms with van der Waals surface area (Å²) in [6.07, 6.45) is 5.18. The van der Waals surface area contributed by atoms with E-state index in [9.17, 15) is 14.4 Å². The normalized spacial score (nSPS) is 19.2. The molecule has 2 saturated heterocycles. The molecule has 2 aromatic heterocycles. The summed E-state index contributed by atoms with van der Waals surface area (Å²) in [5, 5.41) is 11.0. The molecule has 0 unspecified atom stereocenters. The van der Waals surface area contributed by atoms with E-state index in [1.807, 2.05) is 12.1 Å². The summed E-state index contributed by atoms with van der Waals surface area (Å²) in [7, 11) is 2.08. The van der Waals surface area contributed by atoms with Crippen LogP contribution in [-0.2, 0) is 4.79 Å². The summed E-state index contributed by atoms with van der Waals surface area (Å²) in [5.41, 5.74) is 9.34. The van der Waals surface area contributed by atoms with Gasteiger partial charge in [0.1, 0.15) is 23.8 Å². The molecule has 0 bridgehead atoms. The van der Waals surface area contributed by atoms with E-state index in [1.165, 1.54) is 12.1 Å². The monoisotopic (exact) mass is 583 g/mol. The van der Waals surface area contributed by atoms with Crippen molar-refractivity contribution in [1.82, 2.24) is 19.8 Å². The number of carbonyl (C=O) groups is 1. The minimum atomic E-state index is -0.393. The minimum Gasteiger partial charge on any atom is -0.463 e. The lowest BCUT2D eigenvalue weighted by molar-refractivity contribution is -0.128. The number of halogens is 1.